The summed E-state index contributed by atoms with van der Waals surface area (Å²) in [6.07, 6.45) is 9.20. The normalized spacial score (nSPS) is 45.5. The molecule has 98 valence electrons. The molecule has 1 unspecified atom stereocenters. The molecule has 0 aromatic carbocycles. The van der Waals surface area contributed by atoms with Crippen LogP contribution in [0.1, 0.15) is 45.4 Å². The van der Waals surface area contributed by atoms with Crippen molar-refractivity contribution in [3.63, 3.8) is 0 Å². The Bertz CT molecular complexity index is 249. The molecule has 4 saturated carbocycles. The molecule has 0 spiro atoms. The van der Waals surface area contributed by atoms with Gasteiger partial charge in [-0.3, -0.25) is 0 Å². The van der Waals surface area contributed by atoms with E-state index < -0.39 is 0 Å². The maximum Gasteiger partial charge on any atom is 0.0139 e. The Hall–Kier alpha value is -0.0800. The lowest BCUT2D eigenvalue weighted by atomic mass is 9.49. The zero-order valence-electron chi connectivity index (χ0n) is 11.5. The van der Waals surface area contributed by atoms with Crippen molar-refractivity contribution in [3.8, 4) is 0 Å². The van der Waals surface area contributed by atoms with Crippen molar-refractivity contribution in [2.24, 2.45) is 28.9 Å². The standard InChI is InChI=1S/C15H28N2/c1-11(16)9-17(2)10-15-6-12-3-13(7-15)5-14(4-12)8-15/h11-14H,3-10,16H2,1-2H3. The summed E-state index contributed by atoms with van der Waals surface area (Å²) in [6.45, 7) is 4.48. The molecule has 4 rings (SSSR count). The van der Waals surface area contributed by atoms with Gasteiger partial charge in [0.05, 0.1) is 0 Å². The van der Waals surface area contributed by atoms with Crippen LogP contribution in [0.2, 0.25) is 0 Å². The fourth-order valence-corrected chi connectivity index (χ4v) is 5.61. The van der Waals surface area contributed by atoms with E-state index in [1.807, 2.05) is 0 Å². The molecular weight excluding hydrogens is 208 g/mol. The van der Waals surface area contributed by atoms with Crippen LogP contribution in [0, 0.1) is 23.2 Å². The van der Waals surface area contributed by atoms with Crippen molar-refractivity contribution in [1.29, 1.82) is 0 Å². The number of rotatable bonds is 4. The van der Waals surface area contributed by atoms with Crippen LogP contribution >= 0.6 is 0 Å². The van der Waals surface area contributed by atoms with Crippen molar-refractivity contribution in [3.05, 3.63) is 0 Å². The molecule has 0 saturated heterocycles. The Morgan fingerprint density at radius 3 is 2.00 bits per heavy atom. The number of hydrogen-bond acceptors (Lipinski definition) is 2. The Balaban J connectivity index is 1.65. The van der Waals surface area contributed by atoms with Gasteiger partial charge < -0.3 is 10.6 Å². The van der Waals surface area contributed by atoms with E-state index in [4.69, 9.17) is 5.73 Å². The fraction of sp³-hybridized carbons (Fsp3) is 1.00. The Labute approximate surface area is 106 Å². The van der Waals surface area contributed by atoms with Crippen molar-refractivity contribution >= 4 is 0 Å². The summed E-state index contributed by atoms with van der Waals surface area (Å²) >= 11 is 0. The molecule has 0 aliphatic heterocycles. The van der Waals surface area contributed by atoms with Gasteiger partial charge in [0.25, 0.3) is 0 Å². The van der Waals surface area contributed by atoms with Crippen LogP contribution < -0.4 is 5.73 Å². The van der Waals surface area contributed by atoms with Crippen molar-refractivity contribution < 1.29 is 0 Å². The fourth-order valence-electron chi connectivity index (χ4n) is 5.61. The number of hydrogen-bond donors (Lipinski definition) is 1. The third kappa shape index (κ3) is 2.39. The Morgan fingerprint density at radius 2 is 1.59 bits per heavy atom. The molecule has 0 radical (unpaired) electrons. The van der Waals surface area contributed by atoms with Gasteiger partial charge in [-0.2, -0.15) is 0 Å². The Kier molecular flexibility index (Phi) is 2.99. The largest absolute Gasteiger partial charge is 0.327 e. The highest BCUT2D eigenvalue weighted by Gasteiger charge is 2.50. The average molecular weight is 236 g/mol. The van der Waals surface area contributed by atoms with Gasteiger partial charge in [-0.25, -0.2) is 0 Å². The van der Waals surface area contributed by atoms with E-state index in [2.05, 4.69) is 18.9 Å². The molecule has 0 heterocycles. The molecule has 2 heteroatoms. The minimum Gasteiger partial charge on any atom is -0.327 e. The first-order chi connectivity index (χ1) is 8.05. The van der Waals surface area contributed by atoms with Crippen molar-refractivity contribution in [1.82, 2.24) is 4.90 Å². The van der Waals surface area contributed by atoms with E-state index in [1.165, 1.54) is 25.8 Å². The molecule has 17 heavy (non-hydrogen) atoms. The molecule has 4 aliphatic carbocycles. The summed E-state index contributed by atoms with van der Waals surface area (Å²) < 4.78 is 0. The van der Waals surface area contributed by atoms with Gasteiger partial charge in [0, 0.05) is 19.1 Å². The van der Waals surface area contributed by atoms with Crippen LogP contribution in [-0.4, -0.2) is 31.1 Å². The summed E-state index contributed by atoms with van der Waals surface area (Å²) in [5.41, 5.74) is 6.60. The molecule has 0 amide bonds. The molecular formula is C15H28N2. The van der Waals surface area contributed by atoms with Gasteiger partial charge in [-0.05, 0) is 75.7 Å². The molecule has 1 atom stereocenters. The molecule has 0 aromatic heterocycles. The van der Waals surface area contributed by atoms with Crippen LogP contribution in [0.15, 0.2) is 0 Å². The lowest BCUT2D eigenvalue weighted by Crippen LogP contribution is -2.51. The molecule has 4 aliphatic rings. The quantitative estimate of drug-likeness (QED) is 0.812. The second-order valence-electron chi connectivity index (χ2n) is 7.59. The molecule has 2 nitrogen and oxygen atoms in total. The molecule has 2 N–H and O–H groups in total. The first-order valence-electron chi connectivity index (χ1n) is 7.49. The van der Waals surface area contributed by atoms with Crippen molar-refractivity contribution in [2.45, 2.75) is 51.5 Å². The number of nitrogens with two attached hydrogens (primary N) is 1. The maximum atomic E-state index is 5.92. The zero-order valence-corrected chi connectivity index (χ0v) is 11.5. The predicted molar refractivity (Wildman–Crippen MR) is 71.8 cm³/mol. The number of likely N-dealkylation sites (N-methyl/N-ethyl adjacent to an activating group) is 1. The van der Waals surface area contributed by atoms with Gasteiger partial charge >= 0.3 is 0 Å². The van der Waals surface area contributed by atoms with Gasteiger partial charge in [-0.1, -0.05) is 0 Å². The average Bonchev–Trinajstić information content (AvgIpc) is 2.11. The minimum atomic E-state index is 0.314. The van der Waals surface area contributed by atoms with Crippen LogP contribution in [0.25, 0.3) is 0 Å². The monoisotopic (exact) mass is 236 g/mol. The molecule has 4 bridgehead atoms. The lowest BCUT2D eigenvalue weighted by molar-refractivity contribution is -0.0664. The summed E-state index contributed by atoms with van der Waals surface area (Å²) in [5, 5.41) is 0. The van der Waals surface area contributed by atoms with Crippen LogP contribution in [0.5, 0.6) is 0 Å². The predicted octanol–water partition coefficient (Wildman–Crippen LogP) is 2.48. The third-order valence-electron chi connectivity index (χ3n) is 5.37. The number of nitrogens with zero attached hydrogens (tertiary/aromatic N) is 1. The summed E-state index contributed by atoms with van der Waals surface area (Å²) in [6, 6.07) is 0.314. The Morgan fingerprint density at radius 1 is 1.12 bits per heavy atom. The van der Waals surface area contributed by atoms with Crippen LogP contribution in [-0.2, 0) is 0 Å². The van der Waals surface area contributed by atoms with Gasteiger partial charge in [0.15, 0.2) is 0 Å². The summed E-state index contributed by atoms with van der Waals surface area (Å²) in [7, 11) is 2.27. The van der Waals surface area contributed by atoms with Gasteiger partial charge in [0.2, 0.25) is 0 Å². The van der Waals surface area contributed by atoms with Crippen molar-refractivity contribution in [2.75, 3.05) is 20.1 Å². The van der Waals surface area contributed by atoms with Crippen LogP contribution in [0.4, 0.5) is 0 Å². The van der Waals surface area contributed by atoms with E-state index in [0.29, 0.717) is 11.5 Å². The topological polar surface area (TPSA) is 29.3 Å². The highest BCUT2D eigenvalue weighted by atomic mass is 15.1. The van der Waals surface area contributed by atoms with E-state index in [1.54, 1.807) is 19.3 Å². The minimum absolute atomic E-state index is 0.314. The maximum absolute atomic E-state index is 5.92. The zero-order chi connectivity index (χ0) is 12.0. The highest BCUT2D eigenvalue weighted by Crippen LogP contribution is 2.60. The second-order valence-corrected chi connectivity index (χ2v) is 7.59. The molecule has 0 aromatic rings. The SMILES string of the molecule is CC(N)CN(C)CC12CC3CC(CC(C3)C1)C2. The smallest absolute Gasteiger partial charge is 0.0139 e. The van der Waals surface area contributed by atoms with Gasteiger partial charge in [-0.15, -0.1) is 0 Å². The third-order valence-corrected chi connectivity index (χ3v) is 5.37. The molecule has 4 fully saturated rings. The van der Waals surface area contributed by atoms with E-state index in [9.17, 15) is 0 Å². The van der Waals surface area contributed by atoms with E-state index in [-0.39, 0.29) is 0 Å². The first-order valence-corrected chi connectivity index (χ1v) is 7.49. The second kappa shape index (κ2) is 4.24. The summed E-state index contributed by atoms with van der Waals surface area (Å²) in [4.78, 5) is 2.50. The first kappa shape index (κ1) is 12.0. The summed E-state index contributed by atoms with van der Waals surface area (Å²) in [5.74, 6) is 3.22. The lowest BCUT2D eigenvalue weighted by Gasteiger charge is -2.57. The van der Waals surface area contributed by atoms with E-state index >= 15 is 0 Å². The van der Waals surface area contributed by atoms with E-state index in [0.717, 1.165) is 24.3 Å². The van der Waals surface area contributed by atoms with Gasteiger partial charge in [0.1, 0.15) is 0 Å². The van der Waals surface area contributed by atoms with Crippen LogP contribution in [0.3, 0.4) is 0 Å². The highest BCUT2D eigenvalue weighted by molar-refractivity contribution is 5.02.